The fourth-order valence-electron chi connectivity index (χ4n) is 2.96. The van der Waals surface area contributed by atoms with E-state index in [2.05, 4.69) is 34.1 Å². The molecule has 6 nitrogen and oxygen atoms in total. The minimum atomic E-state index is -0.154. The molecule has 1 atom stereocenters. The number of nitrogens with two attached hydrogens (primary N) is 1. The standard InChI is InChI=1S/C14H25N5O/c1-14(2,19-9-5-4-6-10-19)12(18-15)11-13(20-3)17-8-7-16-11/h7-8,12,18H,4-6,9-10,15H2,1-3H3. The predicted molar refractivity (Wildman–Crippen MR) is 78.2 cm³/mol. The van der Waals surface area contributed by atoms with E-state index in [4.69, 9.17) is 10.6 Å². The molecule has 0 aromatic carbocycles. The first-order valence-corrected chi connectivity index (χ1v) is 7.17. The summed E-state index contributed by atoms with van der Waals surface area (Å²) in [6.45, 7) is 6.56. The predicted octanol–water partition coefficient (Wildman–Crippen LogP) is 1.25. The molecule has 0 spiro atoms. The zero-order valence-corrected chi connectivity index (χ0v) is 12.6. The van der Waals surface area contributed by atoms with Crippen molar-refractivity contribution in [2.45, 2.75) is 44.7 Å². The molecule has 2 heterocycles. The van der Waals surface area contributed by atoms with Gasteiger partial charge in [-0.25, -0.2) is 10.4 Å². The fraction of sp³-hybridized carbons (Fsp3) is 0.714. The van der Waals surface area contributed by atoms with E-state index in [-0.39, 0.29) is 11.6 Å². The number of nitrogens with zero attached hydrogens (tertiary/aromatic N) is 3. The topological polar surface area (TPSA) is 76.3 Å². The lowest BCUT2D eigenvalue weighted by Gasteiger charge is -2.45. The summed E-state index contributed by atoms with van der Waals surface area (Å²) in [6, 6.07) is -0.135. The van der Waals surface area contributed by atoms with Crippen LogP contribution < -0.4 is 16.0 Å². The molecule has 2 rings (SSSR count). The third-order valence-corrected chi connectivity index (χ3v) is 4.20. The Labute approximate surface area is 120 Å². The molecule has 20 heavy (non-hydrogen) atoms. The number of rotatable bonds is 5. The Balaban J connectivity index is 2.30. The second-order valence-corrected chi connectivity index (χ2v) is 5.75. The van der Waals surface area contributed by atoms with Crippen LogP contribution in [-0.4, -0.2) is 40.6 Å². The zero-order chi connectivity index (χ0) is 14.6. The average molecular weight is 279 g/mol. The van der Waals surface area contributed by atoms with Gasteiger partial charge in [-0.2, -0.15) is 0 Å². The largest absolute Gasteiger partial charge is 0.480 e. The first-order chi connectivity index (χ1) is 9.61. The third-order valence-electron chi connectivity index (χ3n) is 4.20. The molecule has 1 aliphatic rings. The Morgan fingerprint density at radius 2 is 1.90 bits per heavy atom. The second-order valence-electron chi connectivity index (χ2n) is 5.75. The highest BCUT2D eigenvalue weighted by Gasteiger charge is 2.39. The molecule has 0 radical (unpaired) electrons. The summed E-state index contributed by atoms with van der Waals surface area (Å²) in [5.74, 6) is 6.35. The molecule has 1 aromatic rings. The molecule has 1 fully saturated rings. The van der Waals surface area contributed by atoms with Crippen molar-refractivity contribution in [3.8, 4) is 5.88 Å². The SMILES string of the molecule is COc1nccnc1C(NN)C(C)(C)N1CCCCC1. The number of hydrazine groups is 1. The number of ether oxygens (including phenoxy) is 1. The van der Waals surface area contributed by atoms with Crippen molar-refractivity contribution in [1.82, 2.24) is 20.3 Å². The van der Waals surface area contributed by atoms with Crippen molar-refractivity contribution < 1.29 is 4.74 Å². The van der Waals surface area contributed by atoms with Crippen LogP contribution >= 0.6 is 0 Å². The van der Waals surface area contributed by atoms with Crippen LogP contribution in [0.5, 0.6) is 5.88 Å². The van der Waals surface area contributed by atoms with Crippen LogP contribution in [0.3, 0.4) is 0 Å². The molecule has 0 saturated carbocycles. The molecule has 1 unspecified atom stereocenters. The maximum absolute atomic E-state index is 5.82. The first-order valence-electron chi connectivity index (χ1n) is 7.17. The Morgan fingerprint density at radius 3 is 2.50 bits per heavy atom. The monoisotopic (exact) mass is 279 g/mol. The van der Waals surface area contributed by atoms with Gasteiger partial charge in [0.1, 0.15) is 5.69 Å². The molecular formula is C14H25N5O. The Kier molecular flexibility index (Phi) is 4.91. The highest BCUT2D eigenvalue weighted by atomic mass is 16.5. The first kappa shape index (κ1) is 15.2. The van der Waals surface area contributed by atoms with Gasteiger partial charge in [0.2, 0.25) is 5.88 Å². The summed E-state index contributed by atoms with van der Waals surface area (Å²) in [6.07, 6.45) is 7.08. The summed E-state index contributed by atoms with van der Waals surface area (Å²) in [7, 11) is 1.61. The Bertz CT molecular complexity index is 431. The Hall–Kier alpha value is -1.24. The van der Waals surface area contributed by atoms with E-state index < -0.39 is 0 Å². The van der Waals surface area contributed by atoms with E-state index in [1.165, 1.54) is 19.3 Å². The summed E-state index contributed by atoms with van der Waals surface area (Å²) in [5, 5.41) is 0. The quantitative estimate of drug-likeness (QED) is 0.624. The summed E-state index contributed by atoms with van der Waals surface area (Å²) in [4.78, 5) is 11.1. The van der Waals surface area contributed by atoms with E-state index in [0.29, 0.717) is 5.88 Å². The van der Waals surface area contributed by atoms with Crippen LogP contribution in [0.4, 0.5) is 0 Å². The normalized spacial score (nSPS) is 18.8. The maximum Gasteiger partial charge on any atom is 0.237 e. The maximum atomic E-state index is 5.82. The lowest BCUT2D eigenvalue weighted by atomic mass is 9.88. The number of aromatic nitrogens is 2. The van der Waals surface area contributed by atoms with Crippen molar-refractivity contribution in [3.05, 3.63) is 18.1 Å². The molecule has 112 valence electrons. The summed E-state index contributed by atoms with van der Waals surface area (Å²) >= 11 is 0. The number of hydrogen-bond donors (Lipinski definition) is 2. The van der Waals surface area contributed by atoms with Gasteiger partial charge in [-0.3, -0.25) is 15.7 Å². The van der Waals surface area contributed by atoms with Crippen LogP contribution in [0.1, 0.15) is 44.8 Å². The van der Waals surface area contributed by atoms with Crippen LogP contribution in [0, 0.1) is 0 Å². The lowest BCUT2D eigenvalue weighted by molar-refractivity contribution is 0.0583. The van der Waals surface area contributed by atoms with Gasteiger partial charge in [-0.1, -0.05) is 6.42 Å². The van der Waals surface area contributed by atoms with Crippen molar-refractivity contribution in [2.75, 3.05) is 20.2 Å². The zero-order valence-electron chi connectivity index (χ0n) is 12.6. The molecule has 1 aromatic heterocycles. The number of likely N-dealkylation sites (tertiary alicyclic amines) is 1. The van der Waals surface area contributed by atoms with E-state index in [0.717, 1.165) is 18.8 Å². The molecule has 1 aliphatic heterocycles. The van der Waals surface area contributed by atoms with Gasteiger partial charge < -0.3 is 4.74 Å². The highest BCUT2D eigenvalue weighted by Crippen LogP contribution is 2.34. The summed E-state index contributed by atoms with van der Waals surface area (Å²) in [5.41, 5.74) is 3.51. The molecule has 1 saturated heterocycles. The van der Waals surface area contributed by atoms with Gasteiger partial charge in [0.25, 0.3) is 0 Å². The number of hydrogen-bond acceptors (Lipinski definition) is 6. The molecule has 6 heteroatoms. The number of nitrogens with one attached hydrogen (secondary N) is 1. The minimum absolute atomic E-state index is 0.135. The molecular weight excluding hydrogens is 254 g/mol. The number of methoxy groups -OCH3 is 1. The second kappa shape index (κ2) is 6.47. The fourth-order valence-corrected chi connectivity index (χ4v) is 2.96. The Morgan fingerprint density at radius 1 is 1.25 bits per heavy atom. The van der Waals surface area contributed by atoms with Gasteiger partial charge in [-0.05, 0) is 39.8 Å². The van der Waals surface area contributed by atoms with E-state index in [9.17, 15) is 0 Å². The van der Waals surface area contributed by atoms with Crippen molar-refractivity contribution >= 4 is 0 Å². The lowest BCUT2D eigenvalue weighted by Crippen LogP contribution is -2.55. The van der Waals surface area contributed by atoms with Gasteiger partial charge >= 0.3 is 0 Å². The summed E-state index contributed by atoms with van der Waals surface area (Å²) < 4.78 is 5.32. The highest BCUT2D eigenvalue weighted by molar-refractivity contribution is 5.24. The van der Waals surface area contributed by atoms with Crippen LogP contribution in [0.25, 0.3) is 0 Å². The smallest absolute Gasteiger partial charge is 0.237 e. The van der Waals surface area contributed by atoms with Gasteiger partial charge in [-0.15, -0.1) is 0 Å². The van der Waals surface area contributed by atoms with Crippen molar-refractivity contribution in [1.29, 1.82) is 0 Å². The van der Waals surface area contributed by atoms with Crippen LogP contribution in [-0.2, 0) is 0 Å². The van der Waals surface area contributed by atoms with Gasteiger partial charge in [0.05, 0.1) is 13.2 Å². The van der Waals surface area contributed by atoms with Gasteiger partial charge in [0.15, 0.2) is 0 Å². The van der Waals surface area contributed by atoms with Gasteiger partial charge in [0, 0.05) is 17.9 Å². The minimum Gasteiger partial charge on any atom is -0.480 e. The van der Waals surface area contributed by atoms with E-state index in [1.54, 1.807) is 19.5 Å². The molecule has 0 aliphatic carbocycles. The molecule has 3 N–H and O–H groups in total. The van der Waals surface area contributed by atoms with Crippen LogP contribution in [0.2, 0.25) is 0 Å². The molecule has 0 amide bonds. The number of piperidine rings is 1. The van der Waals surface area contributed by atoms with Crippen molar-refractivity contribution in [2.24, 2.45) is 5.84 Å². The average Bonchev–Trinajstić information content (AvgIpc) is 2.49. The van der Waals surface area contributed by atoms with E-state index >= 15 is 0 Å². The van der Waals surface area contributed by atoms with Crippen molar-refractivity contribution in [3.63, 3.8) is 0 Å². The third kappa shape index (κ3) is 2.92. The van der Waals surface area contributed by atoms with E-state index in [1.807, 2.05) is 0 Å². The van der Waals surface area contributed by atoms with Crippen LogP contribution in [0.15, 0.2) is 12.4 Å². The molecule has 0 bridgehead atoms.